The van der Waals surface area contributed by atoms with Crippen LogP contribution in [-0.2, 0) is 19.6 Å². The number of Topliss-reactive ketones (excluding diaryl/α,β-unsaturated/α-hetero) is 1. The molecule has 9 heteroatoms. The van der Waals surface area contributed by atoms with Crippen LogP contribution in [0.2, 0.25) is 0 Å². The van der Waals surface area contributed by atoms with Crippen LogP contribution in [0.15, 0.2) is 53.4 Å². The first-order valence-electron chi connectivity index (χ1n) is 7.86. The molecule has 0 amide bonds. The van der Waals surface area contributed by atoms with Gasteiger partial charge in [-0.2, -0.15) is 4.72 Å². The van der Waals surface area contributed by atoms with Crippen LogP contribution < -0.4 is 9.46 Å². The first-order chi connectivity index (χ1) is 12.7. The predicted molar refractivity (Wildman–Crippen MR) is 94.5 cm³/mol. The molecular formula is C18H18FNO6S. The van der Waals surface area contributed by atoms with Crippen LogP contribution >= 0.6 is 0 Å². The maximum atomic E-state index is 12.9. The number of hydrogen-bond acceptors (Lipinski definition) is 6. The van der Waals surface area contributed by atoms with Crippen molar-refractivity contribution in [3.05, 3.63) is 59.9 Å². The average Bonchev–Trinajstić information content (AvgIpc) is 2.66. The van der Waals surface area contributed by atoms with Crippen molar-refractivity contribution < 1.29 is 31.9 Å². The number of carbonyl (C=O) groups is 2. The Balaban J connectivity index is 1.92. The summed E-state index contributed by atoms with van der Waals surface area (Å²) in [7, 11) is -2.51. The van der Waals surface area contributed by atoms with E-state index in [9.17, 15) is 22.4 Å². The van der Waals surface area contributed by atoms with E-state index in [4.69, 9.17) is 9.47 Å². The van der Waals surface area contributed by atoms with Gasteiger partial charge in [0.1, 0.15) is 18.1 Å². The molecule has 0 heterocycles. The number of nitrogens with one attached hydrogen (secondary N) is 1. The van der Waals surface area contributed by atoms with Crippen molar-refractivity contribution in [2.24, 2.45) is 0 Å². The van der Waals surface area contributed by atoms with Gasteiger partial charge < -0.3 is 9.47 Å². The maximum absolute atomic E-state index is 12.9. The third-order valence-electron chi connectivity index (χ3n) is 3.58. The molecule has 1 N–H and O–H groups in total. The number of carbonyl (C=O) groups excluding carboxylic acids is 2. The lowest BCUT2D eigenvalue weighted by atomic mass is 10.1. The van der Waals surface area contributed by atoms with Gasteiger partial charge in [0.15, 0.2) is 6.10 Å². The Morgan fingerprint density at radius 2 is 1.67 bits per heavy atom. The predicted octanol–water partition coefficient (Wildman–Crippen LogP) is 1.93. The number of ether oxygens (including phenoxy) is 2. The summed E-state index contributed by atoms with van der Waals surface area (Å²) in [5.74, 6) is -1.37. The molecule has 0 aliphatic heterocycles. The zero-order valence-corrected chi connectivity index (χ0v) is 15.5. The lowest BCUT2D eigenvalue weighted by Gasteiger charge is -2.13. The van der Waals surface area contributed by atoms with E-state index in [1.54, 1.807) is 12.1 Å². The van der Waals surface area contributed by atoms with Crippen LogP contribution in [0.1, 0.15) is 17.3 Å². The molecule has 0 aliphatic rings. The summed E-state index contributed by atoms with van der Waals surface area (Å²) in [6, 6.07) is 10.4. The van der Waals surface area contributed by atoms with E-state index in [1.165, 1.54) is 26.2 Å². The number of ketones is 1. The minimum absolute atomic E-state index is 0.195. The van der Waals surface area contributed by atoms with E-state index in [0.717, 1.165) is 24.3 Å². The average molecular weight is 395 g/mol. The Hall–Kier alpha value is -2.78. The summed E-state index contributed by atoms with van der Waals surface area (Å²) in [6.45, 7) is 0.721. The highest BCUT2D eigenvalue weighted by Gasteiger charge is 2.21. The first-order valence-corrected chi connectivity index (χ1v) is 9.34. The third-order valence-corrected chi connectivity index (χ3v) is 5.00. The molecule has 1 atom stereocenters. The van der Waals surface area contributed by atoms with Gasteiger partial charge in [-0.1, -0.05) is 0 Å². The molecule has 27 heavy (non-hydrogen) atoms. The summed E-state index contributed by atoms with van der Waals surface area (Å²) in [4.78, 5) is 23.9. The van der Waals surface area contributed by atoms with Crippen LogP contribution in [-0.4, -0.2) is 39.9 Å². The standard InChI is InChI=1S/C18H18FNO6S/c1-12(18(22)13-3-7-15(25-2)8-4-13)26-17(21)11-20-27(23,24)16-9-5-14(19)6-10-16/h3-10,12,20H,11H2,1-2H3/t12-/m0/s1. The summed E-state index contributed by atoms with van der Waals surface area (Å²) >= 11 is 0. The Bertz CT molecular complexity index is 910. The molecule has 2 aromatic rings. The largest absolute Gasteiger partial charge is 0.497 e. The number of esters is 1. The Morgan fingerprint density at radius 1 is 1.07 bits per heavy atom. The highest BCUT2D eigenvalue weighted by Crippen LogP contribution is 2.14. The van der Waals surface area contributed by atoms with Gasteiger partial charge in [-0.15, -0.1) is 0 Å². The van der Waals surface area contributed by atoms with Gasteiger partial charge in [0.05, 0.1) is 12.0 Å². The monoisotopic (exact) mass is 395 g/mol. The van der Waals surface area contributed by atoms with E-state index >= 15 is 0 Å². The van der Waals surface area contributed by atoms with Gasteiger partial charge in [-0.25, -0.2) is 12.8 Å². The third kappa shape index (κ3) is 5.60. The maximum Gasteiger partial charge on any atom is 0.321 e. The zero-order chi connectivity index (χ0) is 20.0. The highest BCUT2D eigenvalue weighted by molar-refractivity contribution is 7.89. The molecule has 144 valence electrons. The second kappa shape index (κ2) is 8.74. The number of rotatable bonds is 8. The number of halogens is 1. The highest BCUT2D eigenvalue weighted by atomic mass is 32.2. The molecule has 7 nitrogen and oxygen atoms in total. The molecule has 0 radical (unpaired) electrons. The Labute approximate surface area is 156 Å². The number of benzene rings is 2. The fraction of sp³-hybridized carbons (Fsp3) is 0.222. The summed E-state index contributed by atoms with van der Waals surface area (Å²) in [6.07, 6.45) is -1.10. The molecule has 0 unspecified atom stereocenters. The number of hydrogen-bond donors (Lipinski definition) is 1. The SMILES string of the molecule is COc1ccc(C(=O)[C@H](C)OC(=O)CNS(=O)(=O)c2ccc(F)cc2)cc1. The summed E-state index contributed by atoms with van der Waals surface area (Å²) in [5.41, 5.74) is 0.322. The normalized spacial score (nSPS) is 12.3. The Kier molecular flexibility index (Phi) is 6.65. The van der Waals surface area contributed by atoms with E-state index in [1.807, 2.05) is 4.72 Å². The van der Waals surface area contributed by atoms with Gasteiger partial charge in [0.25, 0.3) is 0 Å². The van der Waals surface area contributed by atoms with Gasteiger partial charge in [0.2, 0.25) is 15.8 Å². The van der Waals surface area contributed by atoms with E-state index < -0.39 is 40.2 Å². The molecule has 0 aliphatic carbocycles. The van der Waals surface area contributed by atoms with E-state index in [0.29, 0.717) is 11.3 Å². The second-order valence-corrected chi connectivity index (χ2v) is 7.27. The summed E-state index contributed by atoms with van der Waals surface area (Å²) < 4.78 is 48.9. The topological polar surface area (TPSA) is 98.8 Å². The fourth-order valence-electron chi connectivity index (χ4n) is 2.13. The lowest BCUT2D eigenvalue weighted by Crippen LogP contribution is -2.34. The summed E-state index contributed by atoms with van der Waals surface area (Å²) in [5, 5.41) is 0. The van der Waals surface area contributed by atoms with Gasteiger partial charge in [0, 0.05) is 5.56 Å². The van der Waals surface area contributed by atoms with E-state index in [2.05, 4.69) is 0 Å². The number of methoxy groups -OCH3 is 1. The Morgan fingerprint density at radius 3 is 2.22 bits per heavy atom. The van der Waals surface area contributed by atoms with Crippen molar-refractivity contribution in [3.63, 3.8) is 0 Å². The van der Waals surface area contributed by atoms with Crippen molar-refractivity contribution >= 4 is 21.8 Å². The minimum atomic E-state index is -4.00. The molecule has 0 spiro atoms. The van der Waals surface area contributed by atoms with Crippen LogP contribution in [0.3, 0.4) is 0 Å². The molecule has 2 aromatic carbocycles. The van der Waals surface area contributed by atoms with Gasteiger partial charge >= 0.3 is 5.97 Å². The van der Waals surface area contributed by atoms with Crippen LogP contribution in [0.4, 0.5) is 4.39 Å². The number of sulfonamides is 1. The molecule has 0 bridgehead atoms. The van der Waals surface area contributed by atoms with Crippen molar-refractivity contribution in [2.45, 2.75) is 17.9 Å². The molecular weight excluding hydrogens is 377 g/mol. The molecule has 0 fully saturated rings. The molecule has 0 saturated carbocycles. The first kappa shape index (κ1) is 20.5. The quantitative estimate of drug-likeness (QED) is 0.542. The zero-order valence-electron chi connectivity index (χ0n) is 14.6. The smallest absolute Gasteiger partial charge is 0.321 e. The fourth-order valence-corrected chi connectivity index (χ4v) is 3.10. The van der Waals surface area contributed by atoms with Crippen molar-refractivity contribution in [1.82, 2.24) is 4.72 Å². The van der Waals surface area contributed by atoms with E-state index in [-0.39, 0.29) is 4.90 Å². The van der Waals surface area contributed by atoms with Crippen molar-refractivity contribution in [1.29, 1.82) is 0 Å². The molecule has 0 aromatic heterocycles. The van der Waals surface area contributed by atoms with Crippen molar-refractivity contribution in [2.75, 3.05) is 13.7 Å². The van der Waals surface area contributed by atoms with Gasteiger partial charge in [-0.3, -0.25) is 9.59 Å². The molecule has 0 saturated heterocycles. The second-order valence-electron chi connectivity index (χ2n) is 5.50. The van der Waals surface area contributed by atoms with Crippen molar-refractivity contribution in [3.8, 4) is 5.75 Å². The van der Waals surface area contributed by atoms with Crippen LogP contribution in [0, 0.1) is 5.82 Å². The lowest BCUT2D eigenvalue weighted by molar-refractivity contribution is -0.144. The van der Waals surface area contributed by atoms with Crippen LogP contribution in [0.25, 0.3) is 0 Å². The minimum Gasteiger partial charge on any atom is -0.497 e. The molecule has 2 rings (SSSR count). The van der Waals surface area contributed by atoms with Gasteiger partial charge in [-0.05, 0) is 55.5 Å². The van der Waals surface area contributed by atoms with Crippen LogP contribution in [0.5, 0.6) is 5.75 Å².